The first-order chi connectivity index (χ1) is 4.84. The number of rotatable bonds is 0. The van der Waals surface area contributed by atoms with Crippen LogP contribution < -0.4 is 10.6 Å². The van der Waals surface area contributed by atoms with Crippen molar-refractivity contribution in [1.29, 1.82) is 0 Å². The van der Waals surface area contributed by atoms with Crippen LogP contribution >= 0.6 is 0 Å². The molecule has 56 valence electrons. The zero-order valence-corrected chi connectivity index (χ0v) is 5.89. The third kappa shape index (κ3) is 1.01. The SMILES string of the molecule is O=C1CNC2CCC(C2)N1. The number of carbonyl (C=O) groups is 1. The Balaban J connectivity index is 2.05. The van der Waals surface area contributed by atoms with Crippen molar-refractivity contribution >= 4 is 5.91 Å². The lowest BCUT2D eigenvalue weighted by Gasteiger charge is -2.09. The van der Waals surface area contributed by atoms with Gasteiger partial charge in [-0.25, -0.2) is 0 Å². The molecule has 1 saturated carbocycles. The zero-order valence-electron chi connectivity index (χ0n) is 5.89. The Labute approximate surface area is 60.2 Å². The maximum Gasteiger partial charge on any atom is 0.234 e. The summed E-state index contributed by atoms with van der Waals surface area (Å²) in [4.78, 5) is 10.9. The summed E-state index contributed by atoms with van der Waals surface area (Å²) < 4.78 is 0. The first kappa shape index (κ1) is 6.16. The average Bonchev–Trinajstić information content (AvgIpc) is 2.22. The molecule has 1 aliphatic carbocycles. The molecule has 2 N–H and O–H groups in total. The van der Waals surface area contributed by atoms with E-state index in [4.69, 9.17) is 0 Å². The Kier molecular flexibility index (Phi) is 1.38. The lowest BCUT2D eigenvalue weighted by Crippen LogP contribution is -2.37. The Morgan fingerprint density at radius 2 is 2.10 bits per heavy atom. The normalized spacial score (nSPS) is 39.0. The summed E-state index contributed by atoms with van der Waals surface area (Å²) in [6.45, 7) is 0.515. The van der Waals surface area contributed by atoms with Gasteiger partial charge >= 0.3 is 0 Å². The van der Waals surface area contributed by atoms with Gasteiger partial charge in [0.15, 0.2) is 0 Å². The van der Waals surface area contributed by atoms with Crippen LogP contribution in [0.25, 0.3) is 0 Å². The highest BCUT2D eigenvalue weighted by atomic mass is 16.2. The Hall–Kier alpha value is -0.570. The van der Waals surface area contributed by atoms with Crippen molar-refractivity contribution in [2.45, 2.75) is 31.3 Å². The van der Waals surface area contributed by atoms with E-state index in [-0.39, 0.29) is 5.91 Å². The molecule has 2 atom stereocenters. The highest BCUT2D eigenvalue weighted by Gasteiger charge is 2.28. The predicted octanol–water partition coefficient (Wildman–Crippen LogP) is -0.373. The van der Waals surface area contributed by atoms with Gasteiger partial charge in [-0.3, -0.25) is 4.79 Å². The molecule has 2 rings (SSSR count). The molecule has 0 aromatic carbocycles. The minimum Gasteiger partial charge on any atom is -0.352 e. The molecular formula is C7H12N2O. The number of carbonyl (C=O) groups excluding carboxylic acids is 1. The standard InChI is InChI=1S/C7H12N2O/c10-7-4-8-5-1-2-6(3-5)9-7/h5-6,8H,1-4H2,(H,9,10). The summed E-state index contributed by atoms with van der Waals surface area (Å²) in [5.74, 6) is 0.159. The van der Waals surface area contributed by atoms with E-state index >= 15 is 0 Å². The van der Waals surface area contributed by atoms with Crippen LogP contribution in [0.15, 0.2) is 0 Å². The van der Waals surface area contributed by atoms with Gasteiger partial charge in [-0.15, -0.1) is 0 Å². The van der Waals surface area contributed by atoms with Crippen molar-refractivity contribution in [2.75, 3.05) is 6.54 Å². The smallest absolute Gasteiger partial charge is 0.234 e. The van der Waals surface area contributed by atoms with Crippen LogP contribution in [-0.4, -0.2) is 24.5 Å². The summed E-state index contributed by atoms with van der Waals surface area (Å²) in [6, 6.07) is 1.07. The van der Waals surface area contributed by atoms with Gasteiger partial charge in [-0.05, 0) is 19.3 Å². The molecule has 1 saturated heterocycles. The van der Waals surface area contributed by atoms with E-state index in [0.717, 1.165) is 12.8 Å². The maximum atomic E-state index is 10.9. The molecule has 2 unspecified atom stereocenters. The van der Waals surface area contributed by atoms with Crippen LogP contribution in [0.3, 0.4) is 0 Å². The first-order valence-corrected chi connectivity index (χ1v) is 3.87. The van der Waals surface area contributed by atoms with Gasteiger partial charge in [0.05, 0.1) is 6.54 Å². The number of hydrogen-bond donors (Lipinski definition) is 2. The van der Waals surface area contributed by atoms with Crippen molar-refractivity contribution < 1.29 is 4.79 Å². The fourth-order valence-corrected chi connectivity index (χ4v) is 1.81. The molecule has 1 heterocycles. The van der Waals surface area contributed by atoms with E-state index in [2.05, 4.69) is 10.6 Å². The van der Waals surface area contributed by atoms with E-state index < -0.39 is 0 Å². The third-order valence-corrected chi connectivity index (χ3v) is 2.35. The zero-order chi connectivity index (χ0) is 6.97. The predicted molar refractivity (Wildman–Crippen MR) is 37.6 cm³/mol. The van der Waals surface area contributed by atoms with Crippen molar-refractivity contribution in [2.24, 2.45) is 0 Å². The molecule has 0 spiro atoms. The maximum absolute atomic E-state index is 10.9. The largest absolute Gasteiger partial charge is 0.352 e. The van der Waals surface area contributed by atoms with Gasteiger partial charge in [-0.1, -0.05) is 0 Å². The monoisotopic (exact) mass is 140 g/mol. The van der Waals surface area contributed by atoms with Crippen molar-refractivity contribution in [1.82, 2.24) is 10.6 Å². The molecule has 3 nitrogen and oxygen atoms in total. The first-order valence-electron chi connectivity index (χ1n) is 3.87. The number of fused-ring (bicyclic) bond motifs is 2. The quantitative estimate of drug-likeness (QED) is 0.482. The van der Waals surface area contributed by atoms with Gasteiger partial charge in [0.1, 0.15) is 0 Å². The molecule has 3 heteroatoms. The second kappa shape index (κ2) is 2.23. The molecular weight excluding hydrogens is 128 g/mol. The summed E-state index contributed by atoms with van der Waals surface area (Å²) in [6.07, 6.45) is 3.51. The average molecular weight is 140 g/mol. The minimum absolute atomic E-state index is 0.159. The molecule has 1 amide bonds. The highest BCUT2D eigenvalue weighted by Crippen LogP contribution is 2.20. The lowest BCUT2D eigenvalue weighted by molar-refractivity contribution is -0.120. The highest BCUT2D eigenvalue weighted by molar-refractivity contribution is 5.78. The van der Waals surface area contributed by atoms with Gasteiger partial charge in [0, 0.05) is 12.1 Å². The minimum atomic E-state index is 0.159. The number of amides is 1. The van der Waals surface area contributed by atoms with Gasteiger partial charge in [-0.2, -0.15) is 0 Å². The van der Waals surface area contributed by atoms with Crippen molar-refractivity contribution in [3.63, 3.8) is 0 Å². The topological polar surface area (TPSA) is 41.1 Å². The summed E-state index contributed by atoms with van der Waals surface area (Å²) in [7, 11) is 0. The van der Waals surface area contributed by atoms with Crippen LogP contribution in [0.1, 0.15) is 19.3 Å². The van der Waals surface area contributed by atoms with E-state index in [0.29, 0.717) is 18.6 Å². The third-order valence-electron chi connectivity index (χ3n) is 2.35. The molecule has 0 radical (unpaired) electrons. The summed E-state index contributed by atoms with van der Waals surface area (Å²) in [5, 5.41) is 6.18. The summed E-state index contributed by atoms with van der Waals surface area (Å²) in [5.41, 5.74) is 0. The van der Waals surface area contributed by atoms with Crippen LogP contribution in [-0.2, 0) is 4.79 Å². The second-order valence-electron chi connectivity index (χ2n) is 3.16. The van der Waals surface area contributed by atoms with E-state index in [1.807, 2.05) is 0 Å². The summed E-state index contributed by atoms with van der Waals surface area (Å²) >= 11 is 0. The fourth-order valence-electron chi connectivity index (χ4n) is 1.81. The molecule has 0 aromatic heterocycles. The molecule has 10 heavy (non-hydrogen) atoms. The Bertz CT molecular complexity index is 158. The van der Waals surface area contributed by atoms with Crippen LogP contribution in [0.5, 0.6) is 0 Å². The van der Waals surface area contributed by atoms with Crippen molar-refractivity contribution in [3.8, 4) is 0 Å². The van der Waals surface area contributed by atoms with Gasteiger partial charge in [0.25, 0.3) is 0 Å². The molecule has 2 aliphatic rings. The van der Waals surface area contributed by atoms with Gasteiger partial charge in [0.2, 0.25) is 5.91 Å². The number of hydrogen-bond acceptors (Lipinski definition) is 2. The number of nitrogens with one attached hydrogen (secondary N) is 2. The Morgan fingerprint density at radius 3 is 3.00 bits per heavy atom. The molecule has 2 fully saturated rings. The van der Waals surface area contributed by atoms with E-state index in [1.54, 1.807) is 0 Å². The molecule has 1 aliphatic heterocycles. The molecule has 0 aromatic rings. The van der Waals surface area contributed by atoms with E-state index in [1.165, 1.54) is 6.42 Å². The van der Waals surface area contributed by atoms with Crippen LogP contribution in [0.2, 0.25) is 0 Å². The Morgan fingerprint density at radius 1 is 1.30 bits per heavy atom. The van der Waals surface area contributed by atoms with Crippen molar-refractivity contribution in [3.05, 3.63) is 0 Å². The lowest BCUT2D eigenvalue weighted by atomic mass is 10.2. The van der Waals surface area contributed by atoms with Crippen LogP contribution in [0.4, 0.5) is 0 Å². The second-order valence-corrected chi connectivity index (χ2v) is 3.16. The molecule has 2 bridgehead atoms. The van der Waals surface area contributed by atoms with E-state index in [9.17, 15) is 4.79 Å². The van der Waals surface area contributed by atoms with Gasteiger partial charge < -0.3 is 10.6 Å². The fraction of sp³-hybridized carbons (Fsp3) is 0.857. The van der Waals surface area contributed by atoms with Crippen LogP contribution in [0, 0.1) is 0 Å².